The maximum absolute atomic E-state index is 12.4. The minimum Gasteiger partial charge on any atom is -0.448 e. The number of aryl methyl sites for hydroxylation is 1. The highest BCUT2D eigenvalue weighted by atomic mass is 16.5. The molecule has 1 amide bonds. The van der Waals surface area contributed by atoms with E-state index in [4.69, 9.17) is 4.74 Å². The maximum atomic E-state index is 12.4. The molecule has 0 aliphatic heterocycles. The van der Waals surface area contributed by atoms with Gasteiger partial charge >= 0.3 is 5.97 Å². The van der Waals surface area contributed by atoms with Gasteiger partial charge in [0.25, 0.3) is 5.91 Å². The fourth-order valence-corrected chi connectivity index (χ4v) is 2.95. The predicted octanol–water partition coefficient (Wildman–Crippen LogP) is 2.82. The van der Waals surface area contributed by atoms with Gasteiger partial charge in [-0.05, 0) is 49.4 Å². The second-order valence-electron chi connectivity index (χ2n) is 5.91. The van der Waals surface area contributed by atoms with Gasteiger partial charge in [0.05, 0.1) is 6.04 Å². The topological polar surface area (TPSA) is 68.3 Å². The number of carbonyl (C=O) groups excluding carboxylic acids is 2. The summed E-state index contributed by atoms with van der Waals surface area (Å²) in [5.74, 6) is -0.886. The van der Waals surface area contributed by atoms with Crippen molar-refractivity contribution < 1.29 is 14.3 Å². The molecule has 0 bridgehead atoms. The molecule has 0 spiro atoms. The summed E-state index contributed by atoms with van der Waals surface area (Å²) in [5, 5.41) is 3.00. The molecule has 0 saturated carbocycles. The molecule has 1 N–H and O–H groups in total. The minimum absolute atomic E-state index is 0.0292. The summed E-state index contributed by atoms with van der Waals surface area (Å²) in [6.45, 7) is 1.57. The zero-order chi connectivity index (χ0) is 16.9. The Morgan fingerprint density at radius 3 is 2.79 bits per heavy atom. The Hall–Kier alpha value is -2.69. The van der Waals surface area contributed by atoms with Gasteiger partial charge in [0.1, 0.15) is 5.69 Å². The SMILES string of the molecule is C[C@H](OC(=O)c1ccccn1)C(=O)N[C@@H]1CCCc2ccccc21. The number of esters is 1. The first-order valence-corrected chi connectivity index (χ1v) is 8.15. The quantitative estimate of drug-likeness (QED) is 0.878. The van der Waals surface area contributed by atoms with E-state index in [-0.39, 0.29) is 17.6 Å². The van der Waals surface area contributed by atoms with E-state index >= 15 is 0 Å². The van der Waals surface area contributed by atoms with Crippen LogP contribution in [0.2, 0.25) is 0 Å². The van der Waals surface area contributed by atoms with Crippen LogP contribution in [-0.4, -0.2) is 23.0 Å². The van der Waals surface area contributed by atoms with Gasteiger partial charge in [-0.25, -0.2) is 9.78 Å². The number of nitrogens with one attached hydrogen (secondary N) is 1. The smallest absolute Gasteiger partial charge is 0.357 e. The molecule has 1 aromatic heterocycles. The van der Waals surface area contributed by atoms with Gasteiger partial charge in [-0.1, -0.05) is 30.3 Å². The Morgan fingerprint density at radius 1 is 1.21 bits per heavy atom. The molecule has 5 nitrogen and oxygen atoms in total. The molecule has 0 radical (unpaired) electrons. The molecule has 1 aromatic carbocycles. The highest BCUT2D eigenvalue weighted by Gasteiger charge is 2.25. The highest BCUT2D eigenvalue weighted by Crippen LogP contribution is 2.29. The Bertz CT molecular complexity index is 730. The molecule has 2 atom stereocenters. The van der Waals surface area contributed by atoms with E-state index < -0.39 is 12.1 Å². The van der Waals surface area contributed by atoms with Gasteiger partial charge in [0.15, 0.2) is 6.10 Å². The number of pyridine rings is 1. The molecule has 124 valence electrons. The summed E-state index contributed by atoms with van der Waals surface area (Å²) in [5.41, 5.74) is 2.62. The number of carbonyl (C=O) groups is 2. The van der Waals surface area contributed by atoms with Crippen LogP contribution in [0.25, 0.3) is 0 Å². The van der Waals surface area contributed by atoms with E-state index in [9.17, 15) is 9.59 Å². The van der Waals surface area contributed by atoms with Crippen LogP contribution in [0.15, 0.2) is 48.7 Å². The monoisotopic (exact) mass is 324 g/mol. The molecule has 1 heterocycles. The van der Waals surface area contributed by atoms with Crippen molar-refractivity contribution in [3.05, 3.63) is 65.5 Å². The Morgan fingerprint density at radius 2 is 2.00 bits per heavy atom. The molecule has 5 heteroatoms. The van der Waals surface area contributed by atoms with Crippen molar-refractivity contribution >= 4 is 11.9 Å². The summed E-state index contributed by atoms with van der Waals surface area (Å²) in [4.78, 5) is 28.3. The average Bonchev–Trinajstić information content (AvgIpc) is 2.62. The average molecular weight is 324 g/mol. The zero-order valence-corrected chi connectivity index (χ0v) is 13.6. The lowest BCUT2D eigenvalue weighted by Gasteiger charge is -2.27. The van der Waals surface area contributed by atoms with Crippen molar-refractivity contribution in [3.63, 3.8) is 0 Å². The third-order valence-electron chi connectivity index (χ3n) is 4.21. The second-order valence-corrected chi connectivity index (χ2v) is 5.91. The highest BCUT2D eigenvalue weighted by molar-refractivity contribution is 5.90. The van der Waals surface area contributed by atoms with Crippen LogP contribution >= 0.6 is 0 Å². The van der Waals surface area contributed by atoms with Crippen LogP contribution < -0.4 is 5.32 Å². The van der Waals surface area contributed by atoms with E-state index in [2.05, 4.69) is 16.4 Å². The molecule has 0 fully saturated rings. The lowest BCUT2D eigenvalue weighted by atomic mass is 9.87. The first-order chi connectivity index (χ1) is 11.6. The number of hydrogen-bond donors (Lipinski definition) is 1. The summed E-state index contributed by atoms with van der Waals surface area (Å²) in [6.07, 6.45) is 3.61. The summed E-state index contributed by atoms with van der Waals surface area (Å²) in [7, 11) is 0. The van der Waals surface area contributed by atoms with Crippen LogP contribution in [-0.2, 0) is 16.0 Å². The number of nitrogens with zero attached hydrogens (tertiary/aromatic N) is 1. The molecule has 24 heavy (non-hydrogen) atoms. The van der Waals surface area contributed by atoms with Crippen LogP contribution in [0.4, 0.5) is 0 Å². The normalized spacial score (nSPS) is 17.5. The molecular weight excluding hydrogens is 304 g/mol. The Labute approximate surface area is 141 Å². The van der Waals surface area contributed by atoms with E-state index in [1.165, 1.54) is 11.8 Å². The molecule has 2 aromatic rings. The van der Waals surface area contributed by atoms with Crippen LogP contribution in [0.1, 0.15) is 47.4 Å². The molecule has 0 unspecified atom stereocenters. The molecule has 1 aliphatic rings. The number of ether oxygens (including phenoxy) is 1. The van der Waals surface area contributed by atoms with Gasteiger partial charge in [-0.15, -0.1) is 0 Å². The van der Waals surface area contributed by atoms with Crippen molar-refractivity contribution in [3.8, 4) is 0 Å². The van der Waals surface area contributed by atoms with Crippen molar-refractivity contribution in [1.29, 1.82) is 0 Å². The van der Waals surface area contributed by atoms with Crippen molar-refractivity contribution in [1.82, 2.24) is 10.3 Å². The van der Waals surface area contributed by atoms with E-state index in [1.807, 2.05) is 18.2 Å². The number of hydrogen-bond acceptors (Lipinski definition) is 4. The van der Waals surface area contributed by atoms with Crippen LogP contribution in [0.3, 0.4) is 0 Å². The number of fused-ring (bicyclic) bond motifs is 1. The summed E-state index contributed by atoms with van der Waals surface area (Å²) < 4.78 is 5.21. The fraction of sp³-hybridized carbons (Fsp3) is 0.316. The van der Waals surface area contributed by atoms with Gasteiger partial charge in [-0.2, -0.15) is 0 Å². The number of aromatic nitrogens is 1. The molecule has 1 aliphatic carbocycles. The third-order valence-corrected chi connectivity index (χ3v) is 4.21. The Balaban J connectivity index is 1.62. The predicted molar refractivity (Wildman–Crippen MR) is 89.4 cm³/mol. The first kappa shape index (κ1) is 16.2. The first-order valence-electron chi connectivity index (χ1n) is 8.15. The molecular formula is C19H20N2O3. The van der Waals surface area contributed by atoms with Gasteiger partial charge in [0.2, 0.25) is 0 Å². The lowest BCUT2D eigenvalue weighted by Crippen LogP contribution is -2.39. The van der Waals surface area contributed by atoms with E-state index in [0.717, 1.165) is 24.8 Å². The minimum atomic E-state index is -0.867. The van der Waals surface area contributed by atoms with Crippen molar-refractivity contribution in [2.75, 3.05) is 0 Å². The maximum Gasteiger partial charge on any atom is 0.357 e. The van der Waals surface area contributed by atoms with Crippen LogP contribution in [0.5, 0.6) is 0 Å². The number of amides is 1. The van der Waals surface area contributed by atoms with Gasteiger partial charge in [-0.3, -0.25) is 4.79 Å². The molecule has 0 saturated heterocycles. The third kappa shape index (κ3) is 3.62. The van der Waals surface area contributed by atoms with Crippen molar-refractivity contribution in [2.45, 2.75) is 38.3 Å². The standard InChI is InChI=1S/C19H20N2O3/c1-13(24-19(23)17-10-4-5-12-20-17)18(22)21-16-11-6-8-14-7-2-3-9-15(14)16/h2-5,7,9-10,12-13,16H,6,8,11H2,1H3,(H,21,22)/t13-,16+/m0/s1. The Kier molecular flexibility index (Phi) is 4.89. The fourth-order valence-electron chi connectivity index (χ4n) is 2.95. The lowest BCUT2D eigenvalue weighted by molar-refractivity contribution is -0.130. The number of benzene rings is 1. The summed E-state index contributed by atoms with van der Waals surface area (Å²) in [6, 6.07) is 13.1. The van der Waals surface area contributed by atoms with Gasteiger partial charge < -0.3 is 10.1 Å². The van der Waals surface area contributed by atoms with E-state index in [1.54, 1.807) is 25.1 Å². The van der Waals surface area contributed by atoms with Gasteiger partial charge in [0, 0.05) is 6.20 Å². The summed E-state index contributed by atoms with van der Waals surface area (Å²) >= 11 is 0. The second kappa shape index (κ2) is 7.25. The largest absolute Gasteiger partial charge is 0.448 e. The van der Waals surface area contributed by atoms with Crippen molar-refractivity contribution in [2.24, 2.45) is 0 Å². The van der Waals surface area contributed by atoms with E-state index in [0.29, 0.717) is 0 Å². The van der Waals surface area contributed by atoms with Crippen LogP contribution in [0, 0.1) is 0 Å². The molecule has 3 rings (SSSR count). The zero-order valence-electron chi connectivity index (χ0n) is 13.6. The number of rotatable bonds is 4.